The van der Waals surface area contributed by atoms with E-state index in [1.54, 1.807) is 6.92 Å². The van der Waals surface area contributed by atoms with E-state index in [1.807, 2.05) is 0 Å². The lowest BCUT2D eigenvalue weighted by molar-refractivity contribution is -0.0194. The number of nitrogens with zero attached hydrogens (tertiary/aromatic N) is 1. The number of hydrogen-bond acceptors (Lipinski definition) is 4. The maximum atomic E-state index is 9.27. The molecule has 0 saturated carbocycles. The van der Waals surface area contributed by atoms with Crippen molar-refractivity contribution in [1.29, 1.82) is 0 Å². The summed E-state index contributed by atoms with van der Waals surface area (Å²) in [5, 5.41) is 9.27. The summed E-state index contributed by atoms with van der Waals surface area (Å²) in [5.41, 5.74) is 4.37. The summed E-state index contributed by atoms with van der Waals surface area (Å²) in [5.74, 6) is 0. The summed E-state index contributed by atoms with van der Waals surface area (Å²) in [4.78, 5) is 2.10. The second kappa shape index (κ2) is 3.49. The number of nitrogens with two attached hydrogens (primary N) is 1. The average molecular weight is 160 g/mol. The van der Waals surface area contributed by atoms with Gasteiger partial charge in [-0.1, -0.05) is 0 Å². The molecule has 0 aromatic heterocycles. The minimum Gasteiger partial charge on any atom is -0.379 e. The first-order valence-electron chi connectivity index (χ1n) is 3.89. The second-order valence-corrected chi connectivity index (χ2v) is 3.25. The number of morpholine rings is 1. The molecule has 1 atom stereocenters. The molecule has 11 heavy (non-hydrogen) atoms. The lowest BCUT2D eigenvalue weighted by atomic mass is 10.2. The van der Waals surface area contributed by atoms with Gasteiger partial charge in [-0.05, 0) is 6.92 Å². The Morgan fingerprint density at radius 3 is 2.55 bits per heavy atom. The summed E-state index contributed by atoms with van der Waals surface area (Å²) in [7, 11) is 0. The molecule has 1 heterocycles. The Hall–Kier alpha value is -0.160. The number of ether oxygens (including phenoxy) is 1. The van der Waals surface area contributed by atoms with Gasteiger partial charge in [0.15, 0.2) is 0 Å². The smallest absolute Gasteiger partial charge is 0.123 e. The summed E-state index contributed by atoms with van der Waals surface area (Å²) in [6.07, 6.45) is 0. The predicted molar refractivity (Wildman–Crippen MR) is 42.1 cm³/mol. The monoisotopic (exact) mass is 160 g/mol. The normalized spacial score (nSPS) is 26.5. The van der Waals surface area contributed by atoms with Gasteiger partial charge in [0.25, 0.3) is 0 Å². The zero-order valence-electron chi connectivity index (χ0n) is 6.92. The van der Waals surface area contributed by atoms with E-state index < -0.39 is 5.72 Å². The van der Waals surface area contributed by atoms with Crippen LogP contribution in [0, 0.1) is 0 Å². The van der Waals surface area contributed by atoms with Crippen LogP contribution in [0.2, 0.25) is 0 Å². The molecular weight excluding hydrogens is 144 g/mol. The number of β-amino-alcohol motifs (C(OH)–C–C–N with tert-alkyl or cyclic N) is 1. The quantitative estimate of drug-likeness (QED) is 0.508. The summed E-state index contributed by atoms with van der Waals surface area (Å²) in [6.45, 7) is 5.37. The highest BCUT2D eigenvalue weighted by Gasteiger charge is 2.19. The van der Waals surface area contributed by atoms with Crippen molar-refractivity contribution in [3.8, 4) is 0 Å². The Bertz CT molecular complexity index is 116. The van der Waals surface area contributed by atoms with Crippen LogP contribution in [-0.4, -0.2) is 48.6 Å². The molecule has 0 radical (unpaired) electrons. The van der Waals surface area contributed by atoms with Gasteiger partial charge in [-0.2, -0.15) is 0 Å². The molecule has 0 bridgehead atoms. The zero-order chi connectivity index (χ0) is 8.32. The van der Waals surface area contributed by atoms with E-state index in [-0.39, 0.29) is 0 Å². The van der Waals surface area contributed by atoms with Crippen LogP contribution in [0.4, 0.5) is 0 Å². The molecule has 66 valence electrons. The van der Waals surface area contributed by atoms with Crippen molar-refractivity contribution in [2.24, 2.45) is 5.73 Å². The van der Waals surface area contributed by atoms with E-state index >= 15 is 0 Å². The first kappa shape index (κ1) is 8.93. The molecule has 1 fully saturated rings. The molecule has 0 spiro atoms. The van der Waals surface area contributed by atoms with Crippen LogP contribution in [-0.2, 0) is 4.74 Å². The first-order valence-corrected chi connectivity index (χ1v) is 3.89. The number of rotatable bonds is 2. The molecule has 3 N–H and O–H groups in total. The van der Waals surface area contributed by atoms with Gasteiger partial charge >= 0.3 is 0 Å². The SMILES string of the molecule is C[C@@](N)(O)CN1CCOCC1. The molecule has 0 amide bonds. The zero-order valence-corrected chi connectivity index (χ0v) is 6.92. The molecule has 0 aromatic carbocycles. The van der Waals surface area contributed by atoms with Crippen LogP contribution in [0.15, 0.2) is 0 Å². The summed E-state index contributed by atoms with van der Waals surface area (Å²) in [6, 6.07) is 0. The molecule has 1 rings (SSSR count). The van der Waals surface area contributed by atoms with E-state index in [0.29, 0.717) is 6.54 Å². The maximum absolute atomic E-state index is 9.27. The Kier molecular flexibility index (Phi) is 2.84. The molecule has 1 aliphatic heterocycles. The van der Waals surface area contributed by atoms with Crippen molar-refractivity contribution in [2.45, 2.75) is 12.6 Å². The third-order valence-corrected chi connectivity index (χ3v) is 1.65. The van der Waals surface area contributed by atoms with Gasteiger partial charge in [0.2, 0.25) is 0 Å². The second-order valence-electron chi connectivity index (χ2n) is 3.25. The Morgan fingerprint density at radius 2 is 2.09 bits per heavy atom. The first-order chi connectivity index (χ1) is 5.08. The molecule has 1 aliphatic rings. The van der Waals surface area contributed by atoms with Crippen molar-refractivity contribution in [3.05, 3.63) is 0 Å². The standard InChI is InChI=1S/C7H16N2O2/c1-7(8,10)6-9-2-4-11-5-3-9/h10H,2-6,8H2,1H3/t7-/m1/s1. The molecular formula is C7H16N2O2. The minimum absolute atomic E-state index is 0.524. The van der Waals surface area contributed by atoms with E-state index in [2.05, 4.69) is 4.90 Å². The molecule has 0 aromatic rings. The predicted octanol–water partition coefficient (Wildman–Crippen LogP) is -1.01. The molecule has 4 heteroatoms. The minimum atomic E-state index is -1.07. The Balaban J connectivity index is 2.24. The lowest BCUT2D eigenvalue weighted by Crippen LogP contribution is -2.50. The highest BCUT2D eigenvalue weighted by Crippen LogP contribution is 2.01. The van der Waals surface area contributed by atoms with Crippen molar-refractivity contribution in [3.63, 3.8) is 0 Å². The van der Waals surface area contributed by atoms with Crippen LogP contribution in [0.1, 0.15) is 6.92 Å². The van der Waals surface area contributed by atoms with Gasteiger partial charge < -0.3 is 15.6 Å². The molecule has 4 nitrogen and oxygen atoms in total. The van der Waals surface area contributed by atoms with E-state index in [4.69, 9.17) is 10.5 Å². The van der Waals surface area contributed by atoms with Gasteiger partial charge in [-0.15, -0.1) is 0 Å². The number of aliphatic hydroxyl groups is 1. The van der Waals surface area contributed by atoms with Gasteiger partial charge in [0.05, 0.1) is 13.2 Å². The molecule has 1 saturated heterocycles. The fourth-order valence-corrected chi connectivity index (χ4v) is 1.21. The fraction of sp³-hybridized carbons (Fsp3) is 1.00. The Labute approximate surface area is 66.9 Å². The van der Waals surface area contributed by atoms with Crippen LogP contribution in [0.25, 0.3) is 0 Å². The van der Waals surface area contributed by atoms with Gasteiger partial charge in [0.1, 0.15) is 5.72 Å². The maximum Gasteiger partial charge on any atom is 0.123 e. The lowest BCUT2D eigenvalue weighted by Gasteiger charge is -2.31. The highest BCUT2D eigenvalue weighted by molar-refractivity contribution is 4.72. The van der Waals surface area contributed by atoms with E-state index in [1.165, 1.54) is 0 Å². The molecule has 0 aliphatic carbocycles. The Morgan fingerprint density at radius 1 is 1.55 bits per heavy atom. The van der Waals surface area contributed by atoms with Gasteiger partial charge in [-0.3, -0.25) is 4.90 Å². The third-order valence-electron chi connectivity index (χ3n) is 1.65. The topological polar surface area (TPSA) is 58.7 Å². The average Bonchev–Trinajstić information content (AvgIpc) is 1.85. The molecule has 0 unspecified atom stereocenters. The number of hydrogen-bond donors (Lipinski definition) is 2. The van der Waals surface area contributed by atoms with Crippen LogP contribution >= 0.6 is 0 Å². The van der Waals surface area contributed by atoms with E-state index in [9.17, 15) is 5.11 Å². The largest absolute Gasteiger partial charge is 0.379 e. The van der Waals surface area contributed by atoms with Crippen LogP contribution in [0.5, 0.6) is 0 Å². The van der Waals surface area contributed by atoms with Crippen LogP contribution < -0.4 is 5.73 Å². The van der Waals surface area contributed by atoms with Crippen molar-refractivity contribution in [1.82, 2.24) is 4.90 Å². The highest BCUT2D eigenvalue weighted by atomic mass is 16.5. The van der Waals surface area contributed by atoms with Gasteiger partial charge in [-0.25, -0.2) is 0 Å². The van der Waals surface area contributed by atoms with Crippen LogP contribution in [0.3, 0.4) is 0 Å². The summed E-state index contributed by atoms with van der Waals surface area (Å²) < 4.78 is 5.15. The van der Waals surface area contributed by atoms with Crippen molar-refractivity contribution < 1.29 is 9.84 Å². The fourth-order valence-electron chi connectivity index (χ4n) is 1.21. The van der Waals surface area contributed by atoms with Crippen molar-refractivity contribution >= 4 is 0 Å². The van der Waals surface area contributed by atoms with E-state index in [0.717, 1.165) is 26.3 Å². The van der Waals surface area contributed by atoms with Gasteiger partial charge in [0, 0.05) is 19.6 Å². The third kappa shape index (κ3) is 3.67. The van der Waals surface area contributed by atoms with Crippen molar-refractivity contribution in [2.75, 3.05) is 32.8 Å². The summed E-state index contributed by atoms with van der Waals surface area (Å²) >= 11 is 0.